The molecule has 0 atom stereocenters. The van der Waals surface area contributed by atoms with E-state index < -0.39 is 10.0 Å². The summed E-state index contributed by atoms with van der Waals surface area (Å²) in [6, 6.07) is 10.3. The molecule has 2 rings (SSSR count). The highest BCUT2D eigenvalue weighted by atomic mass is 32.2. The Labute approximate surface area is 129 Å². The lowest BCUT2D eigenvalue weighted by Crippen LogP contribution is -2.25. The van der Waals surface area contributed by atoms with Crippen molar-refractivity contribution in [2.24, 2.45) is 5.73 Å². The van der Waals surface area contributed by atoms with Crippen LogP contribution in [0.2, 0.25) is 0 Å². The maximum absolute atomic E-state index is 12.4. The second-order valence-corrected chi connectivity index (χ2v) is 7.53. The quantitative estimate of drug-likeness (QED) is 0.793. The summed E-state index contributed by atoms with van der Waals surface area (Å²) < 4.78 is 31.8. The molecule has 1 aromatic heterocycles. The van der Waals surface area contributed by atoms with Gasteiger partial charge in [0, 0.05) is 7.05 Å². The number of hydrogen-bond acceptors (Lipinski definition) is 5. The van der Waals surface area contributed by atoms with Crippen LogP contribution in [-0.2, 0) is 10.0 Å². The van der Waals surface area contributed by atoms with Gasteiger partial charge in [-0.15, -0.1) is 11.3 Å². The molecule has 1 heterocycles. The Morgan fingerprint density at radius 2 is 1.95 bits per heavy atom. The van der Waals surface area contributed by atoms with Crippen molar-refractivity contribution in [3.63, 3.8) is 0 Å². The number of benzene rings is 1. The fraction of sp³-hybridized carbons (Fsp3) is 0.286. The van der Waals surface area contributed by atoms with Crippen LogP contribution >= 0.6 is 11.3 Å². The number of ether oxygens (including phenoxy) is 1. The number of thiophene rings is 1. The van der Waals surface area contributed by atoms with Crippen LogP contribution in [0.3, 0.4) is 0 Å². The summed E-state index contributed by atoms with van der Waals surface area (Å²) in [4.78, 5) is 0. The van der Waals surface area contributed by atoms with Crippen molar-refractivity contribution in [2.45, 2.75) is 10.6 Å². The van der Waals surface area contributed by atoms with Crippen LogP contribution in [0.5, 0.6) is 5.75 Å². The van der Waals surface area contributed by atoms with Crippen molar-refractivity contribution < 1.29 is 13.2 Å². The molecular formula is C14H18N2O3S2. The van der Waals surface area contributed by atoms with E-state index in [9.17, 15) is 8.42 Å². The first-order valence-electron chi connectivity index (χ1n) is 6.51. The van der Waals surface area contributed by atoms with E-state index in [4.69, 9.17) is 10.5 Å². The van der Waals surface area contributed by atoms with Crippen LogP contribution < -0.4 is 14.8 Å². The molecule has 21 heavy (non-hydrogen) atoms. The van der Waals surface area contributed by atoms with Gasteiger partial charge in [0.05, 0.1) is 12.3 Å². The highest BCUT2D eigenvalue weighted by Gasteiger charge is 2.22. The number of rotatable bonds is 7. The van der Waals surface area contributed by atoms with E-state index in [1.807, 2.05) is 0 Å². The average Bonchev–Trinajstić information content (AvgIpc) is 3.02. The fourth-order valence-corrected chi connectivity index (χ4v) is 4.07. The molecule has 0 unspecified atom stereocenters. The standard InChI is InChI=1S/C14H18N2O3S2/c1-16(21(17,18)14-4-2-11-20-14)12-5-7-13(8-6-12)19-10-3-9-15/h2,4-8,11H,3,9-10,15H2,1H3. The lowest BCUT2D eigenvalue weighted by Gasteiger charge is -2.18. The Hall–Kier alpha value is -1.57. The van der Waals surface area contributed by atoms with Crippen molar-refractivity contribution in [3.8, 4) is 5.75 Å². The number of nitrogens with two attached hydrogens (primary N) is 1. The van der Waals surface area contributed by atoms with Gasteiger partial charge in [-0.3, -0.25) is 4.31 Å². The molecule has 0 saturated heterocycles. The third-order valence-electron chi connectivity index (χ3n) is 2.93. The molecule has 0 radical (unpaired) electrons. The second kappa shape index (κ2) is 6.93. The zero-order valence-corrected chi connectivity index (χ0v) is 13.4. The predicted molar refractivity (Wildman–Crippen MR) is 85.5 cm³/mol. The molecule has 0 bridgehead atoms. The van der Waals surface area contributed by atoms with Crippen molar-refractivity contribution in [2.75, 3.05) is 24.5 Å². The fourth-order valence-electron chi connectivity index (χ4n) is 1.71. The van der Waals surface area contributed by atoms with Gasteiger partial charge in [-0.1, -0.05) is 6.07 Å². The van der Waals surface area contributed by atoms with Crippen molar-refractivity contribution >= 4 is 27.0 Å². The summed E-state index contributed by atoms with van der Waals surface area (Å²) in [5, 5.41) is 1.75. The second-order valence-electron chi connectivity index (χ2n) is 4.39. The predicted octanol–water partition coefficient (Wildman–Crippen LogP) is 2.30. The molecule has 5 nitrogen and oxygen atoms in total. The van der Waals surface area contributed by atoms with Gasteiger partial charge in [0.1, 0.15) is 9.96 Å². The zero-order chi connectivity index (χ0) is 15.3. The van der Waals surface area contributed by atoms with Gasteiger partial charge in [0.15, 0.2) is 0 Å². The minimum absolute atomic E-state index is 0.327. The van der Waals surface area contributed by atoms with Crippen LogP contribution in [0.15, 0.2) is 46.0 Å². The van der Waals surface area contributed by atoms with E-state index in [1.165, 1.54) is 15.6 Å². The van der Waals surface area contributed by atoms with Crippen LogP contribution in [0, 0.1) is 0 Å². The third-order valence-corrected chi connectivity index (χ3v) is 6.09. The molecular weight excluding hydrogens is 308 g/mol. The minimum atomic E-state index is -3.49. The molecule has 0 saturated carbocycles. The lowest BCUT2D eigenvalue weighted by molar-refractivity contribution is 0.313. The third kappa shape index (κ3) is 3.75. The van der Waals surface area contributed by atoms with Crippen LogP contribution in [0.4, 0.5) is 5.69 Å². The molecule has 0 aliphatic rings. The molecule has 114 valence electrons. The Kier molecular flexibility index (Phi) is 5.22. The molecule has 0 spiro atoms. The van der Waals surface area contributed by atoms with E-state index in [2.05, 4.69) is 0 Å². The van der Waals surface area contributed by atoms with Gasteiger partial charge in [-0.2, -0.15) is 0 Å². The smallest absolute Gasteiger partial charge is 0.273 e. The van der Waals surface area contributed by atoms with Gasteiger partial charge in [-0.05, 0) is 48.7 Å². The summed E-state index contributed by atoms with van der Waals surface area (Å²) in [6.07, 6.45) is 0.786. The molecule has 2 aromatic rings. The van der Waals surface area contributed by atoms with Gasteiger partial charge in [0.2, 0.25) is 0 Å². The van der Waals surface area contributed by atoms with Gasteiger partial charge in [0.25, 0.3) is 10.0 Å². The Morgan fingerprint density at radius 1 is 1.24 bits per heavy atom. The molecule has 1 aromatic carbocycles. The van der Waals surface area contributed by atoms with E-state index in [1.54, 1.807) is 48.8 Å². The largest absolute Gasteiger partial charge is 0.494 e. The first-order chi connectivity index (χ1) is 10.1. The monoisotopic (exact) mass is 326 g/mol. The highest BCUT2D eigenvalue weighted by molar-refractivity contribution is 7.94. The zero-order valence-electron chi connectivity index (χ0n) is 11.7. The first kappa shape index (κ1) is 15.8. The Balaban J connectivity index is 2.11. The Morgan fingerprint density at radius 3 is 2.52 bits per heavy atom. The van der Waals surface area contributed by atoms with Crippen molar-refractivity contribution in [1.29, 1.82) is 0 Å². The first-order valence-corrected chi connectivity index (χ1v) is 8.83. The van der Waals surface area contributed by atoms with E-state index in [0.717, 1.165) is 6.42 Å². The summed E-state index contributed by atoms with van der Waals surface area (Å²) in [6.45, 7) is 1.14. The number of sulfonamides is 1. The highest BCUT2D eigenvalue weighted by Crippen LogP contribution is 2.26. The summed E-state index contributed by atoms with van der Waals surface area (Å²) in [5.41, 5.74) is 5.99. The van der Waals surface area contributed by atoms with E-state index in [0.29, 0.717) is 28.8 Å². The van der Waals surface area contributed by atoms with E-state index in [-0.39, 0.29) is 0 Å². The van der Waals surface area contributed by atoms with Gasteiger partial charge < -0.3 is 10.5 Å². The summed E-state index contributed by atoms with van der Waals surface area (Å²) >= 11 is 1.20. The van der Waals surface area contributed by atoms with Crippen LogP contribution in [0.25, 0.3) is 0 Å². The normalized spacial score (nSPS) is 11.3. The van der Waals surface area contributed by atoms with Crippen LogP contribution in [0.1, 0.15) is 6.42 Å². The molecule has 0 amide bonds. The number of nitrogens with zero attached hydrogens (tertiary/aromatic N) is 1. The molecule has 2 N–H and O–H groups in total. The maximum Gasteiger partial charge on any atom is 0.273 e. The van der Waals surface area contributed by atoms with Crippen LogP contribution in [-0.4, -0.2) is 28.6 Å². The molecule has 0 fully saturated rings. The minimum Gasteiger partial charge on any atom is -0.494 e. The van der Waals surface area contributed by atoms with Gasteiger partial charge >= 0.3 is 0 Å². The molecule has 7 heteroatoms. The Bertz CT molecular complexity index is 652. The molecule has 0 aliphatic heterocycles. The van der Waals surface area contributed by atoms with E-state index >= 15 is 0 Å². The summed E-state index contributed by atoms with van der Waals surface area (Å²) in [5.74, 6) is 0.703. The summed E-state index contributed by atoms with van der Waals surface area (Å²) in [7, 11) is -1.95. The number of hydrogen-bond donors (Lipinski definition) is 1. The number of anilines is 1. The van der Waals surface area contributed by atoms with Gasteiger partial charge in [-0.25, -0.2) is 8.42 Å². The van der Waals surface area contributed by atoms with Crippen molar-refractivity contribution in [3.05, 3.63) is 41.8 Å². The molecule has 0 aliphatic carbocycles. The maximum atomic E-state index is 12.4. The SMILES string of the molecule is CN(c1ccc(OCCCN)cc1)S(=O)(=O)c1cccs1. The lowest BCUT2D eigenvalue weighted by atomic mass is 10.3. The average molecular weight is 326 g/mol. The topological polar surface area (TPSA) is 72.6 Å². The van der Waals surface area contributed by atoms with Crippen molar-refractivity contribution in [1.82, 2.24) is 0 Å².